The normalized spacial score (nSPS) is 12.0. The van der Waals surface area contributed by atoms with Gasteiger partial charge in [0.25, 0.3) is 0 Å². The minimum atomic E-state index is 0.447. The first-order valence-corrected chi connectivity index (χ1v) is 2.48. The molecular weight excluding hydrogens is 112 g/mol. The minimum Gasteiger partial charge on any atom is -0.377 e. The lowest BCUT2D eigenvalue weighted by atomic mass is 11.3. The van der Waals surface area contributed by atoms with E-state index < -0.39 is 0 Å². The summed E-state index contributed by atoms with van der Waals surface area (Å²) in [7, 11) is 3.16. The smallest absolute Gasteiger partial charge is 0.181 e. The summed E-state index contributed by atoms with van der Waals surface area (Å²) in [5, 5.41) is 0.447. The van der Waals surface area contributed by atoms with Crippen LogP contribution in [0.1, 0.15) is 0 Å². The predicted octanol–water partition coefficient (Wildman–Crippen LogP) is 0.226. The molecule has 0 aliphatic carbocycles. The minimum absolute atomic E-state index is 0.447. The number of hydrogen-bond donors (Lipinski definition) is 1. The Labute approximate surface area is 47.2 Å². The Morgan fingerprint density at radius 3 is 2.57 bits per heavy atom. The second-order valence-corrected chi connectivity index (χ2v) is 1.73. The molecule has 0 bridgehead atoms. The second-order valence-electron chi connectivity index (χ2n) is 0.812. The highest BCUT2D eigenvalue weighted by atomic mass is 32.2. The molecule has 0 rings (SSSR count). The van der Waals surface area contributed by atoms with Gasteiger partial charge in [-0.25, -0.2) is 0 Å². The lowest BCUT2D eigenvalue weighted by Gasteiger charge is -1.90. The first kappa shape index (κ1) is 6.78. The lowest BCUT2D eigenvalue weighted by molar-refractivity contribution is 0.496. The standard InChI is InChI=1S/C3H8N2OS/c1-5-3(4)7-6-2/h1-2H3,(H2,4,5). The van der Waals surface area contributed by atoms with Crippen molar-refractivity contribution in [1.29, 1.82) is 0 Å². The number of rotatable bonds is 1. The summed E-state index contributed by atoms with van der Waals surface area (Å²) in [4.78, 5) is 3.61. The van der Waals surface area contributed by atoms with Crippen molar-refractivity contribution < 1.29 is 4.18 Å². The van der Waals surface area contributed by atoms with E-state index in [4.69, 9.17) is 5.73 Å². The van der Waals surface area contributed by atoms with Crippen LogP contribution in [0.3, 0.4) is 0 Å². The van der Waals surface area contributed by atoms with Gasteiger partial charge >= 0.3 is 0 Å². The summed E-state index contributed by atoms with van der Waals surface area (Å²) in [6.07, 6.45) is 0. The van der Waals surface area contributed by atoms with Gasteiger partial charge < -0.3 is 9.92 Å². The maximum atomic E-state index is 5.17. The molecule has 0 amide bonds. The third kappa shape index (κ3) is 3.61. The molecule has 0 heterocycles. The molecule has 0 saturated heterocycles. The SMILES string of the molecule is C/N=C(/N)SOC. The van der Waals surface area contributed by atoms with Gasteiger partial charge in [-0.3, -0.25) is 4.99 Å². The van der Waals surface area contributed by atoms with Crippen LogP contribution in [0.2, 0.25) is 0 Å². The van der Waals surface area contributed by atoms with Gasteiger partial charge in [0.05, 0.1) is 19.2 Å². The monoisotopic (exact) mass is 120 g/mol. The number of nitrogens with zero attached hydrogens (tertiary/aromatic N) is 1. The van der Waals surface area contributed by atoms with Crippen molar-refractivity contribution in [3.63, 3.8) is 0 Å². The van der Waals surface area contributed by atoms with E-state index in [2.05, 4.69) is 9.18 Å². The van der Waals surface area contributed by atoms with Crippen LogP contribution >= 0.6 is 12.0 Å². The molecular formula is C3H8N2OS. The molecule has 0 aliphatic rings. The Morgan fingerprint density at radius 2 is 2.43 bits per heavy atom. The summed E-state index contributed by atoms with van der Waals surface area (Å²) in [5.41, 5.74) is 5.17. The molecule has 0 saturated carbocycles. The van der Waals surface area contributed by atoms with Crippen LogP contribution in [0, 0.1) is 0 Å². The molecule has 0 radical (unpaired) electrons. The zero-order valence-electron chi connectivity index (χ0n) is 4.34. The highest BCUT2D eigenvalue weighted by molar-refractivity contribution is 8.09. The van der Waals surface area contributed by atoms with E-state index in [9.17, 15) is 0 Å². The van der Waals surface area contributed by atoms with Gasteiger partial charge in [0.2, 0.25) is 0 Å². The quantitative estimate of drug-likeness (QED) is 0.306. The van der Waals surface area contributed by atoms with E-state index in [1.807, 2.05) is 0 Å². The third-order valence-electron chi connectivity index (χ3n) is 0.389. The van der Waals surface area contributed by atoms with Crippen molar-refractivity contribution in [3.05, 3.63) is 0 Å². The fourth-order valence-corrected chi connectivity index (χ4v) is 0.368. The van der Waals surface area contributed by atoms with Crippen molar-refractivity contribution in [2.75, 3.05) is 14.2 Å². The van der Waals surface area contributed by atoms with Crippen LogP contribution in [0.15, 0.2) is 4.99 Å². The van der Waals surface area contributed by atoms with Crippen LogP contribution in [-0.2, 0) is 4.18 Å². The van der Waals surface area contributed by atoms with Crippen LogP contribution in [0.25, 0.3) is 0 Å². The lowest BCUT2D eigenvalue weighted by Crippen LogP contribution is -2.05. The summed E-state index contributed by atoms with van der Waals surface area (Å²) >= 11 is 1.06. The van der Waals surface area contributed by atoms with Crippen molar-refractivity contribution in [1.82, 2.24) is 0 Å². The van der Waals surface area contributed by atoms with E-state index in [1.165, 1.54) is 0 Å². The Bertz CT molecular complexity index is 73.3. The summed E-state index contributed by atoms with van der Waals surface area (Å²) in [6, 6.07) is 0. The second kappa shape index (κ2) is 3.95. The predicted molar refractivity (Wildman–Crippen MR) is 32.1 cm³/mol. The van der Waals surface area contributed by atoms with Crippen LogP contribution in [0.5, 0.6) is 0 Å². The van der Waals surface area contributed by atoms with Crippen molar-refractivity contribution in [3.8, 4) is 0 Å². The molecule has 2 N–H and O–H groups in total. The Hall–Kier alpha value is -0.220. The number of hydrogen-bond acceptors (Lipinski definition) is 3. The topological polar surface area (TPSA) is 47.6 Å². The first-order valence-electron chi connectivity index (χ1n) is 1.74. The highest BCUT2D eigenvalue weighted by Crippen LogP contribution is 1.95. The molecule has 42 valence electrons. The third-order valence-corrected chi connectivity index (χ3v) is 0.909. The molecule has 7 heavy (non-hydrogen) atoms. The Morgan fingerprint density at radius 1 is 1.86 bits per heavy atom. The average Bonchev–Trinajstić information content (AvgIpc) is 1.68. The fraction of sp³-hybridized carbons (Fsp3) is 0.667. The Balaban J connectivity index is 3.17. The molecule has 3 nitrogen and oxygen atoms in total. The summed E-state index contributed by atoms with van der Waals surface area (Å²) in [5.74, 6) is 0. The molecule has 0 aromatic rings. The molecule has 0 atom stereocenters. The van der Waals surface area contributed by atoms with Crippen molar-refractivity contribution in [2.24, 2.45) is 10.7 Å². The molecule has 0 fully saturated rings. The van der Waals surface area contributed by atoms with Gasteiger partial charge in [0.1, 0.15) is 0 Å². The molecule has 0 aromatic heterocycles. The van der Waals surface area contributed by atoms with Gasteiger partial charge in [-0.05, 0) is 0 Å². The van der Waals surface area contributed by atoms with Crippen LogP contribution in [-0.4, -0.2) is 19.3 Å². The first-order chi connectivity index (χ1) is 3.31. The maximum Gasteiger partial charge on any atom is 0.181 e. The average molecular weight is 120 g/mol. The van der Waals surface area contributed by atoms with Gasteiger partial charge in [-0.1, -0.05) is 0 Å². The maximum absolute atomic E-state index is 5.17. The van der Waals surface area contributed by atoms with Crippen molar-refractivity contribution in [2.45, 2.75) is 0 Å². The zero-order valence-corrected chi connectivity index (χ0v) is 5.16. The van der Waals surface area contributed by atoms with E-state index in [0.29, 0.717) is 5.17 Å². The fourth-order valence-electron chi connectivity index (χ4n) is 0.123. The van der Waals surface area contributed by atoms with E-state index in [-0.39, 0.29) is 0 Å². The van der Waals surface area contributed by atoms with Gasteiger partial charge in [-0.15, -0.1) is 0 Å². The number of amidine groups is 1. The molecule has 0 unspecified atom stereocenters. The van der Waals surface area contributed by atoms with Crippen LogP contribution in [0.4, 0.5) is 0 Å². The molecule has 0 aliphatic heterocycles. The molecule has 0 aromatic carbocycles. The van der Waals surface area contributed by atoms with Crippen LogP contribution < -0.4 is 5.73 Å². The summed E-state index contributed by atoms with van der Waals surface area (Å²) < 4.78 is 4.56. The van der Waals surface area contributed by atoms with E-state index in [0.717, 1.165) is 12.0 Å². The molecule has 0 spiro atoms. The molecule has 4 heteroatoms. The summed E-state index contributed by atoms with van der Waals surface area (Å²) in [6.45, 7) is 0. The van der Waals surface area contributed by atoms with Gasteiger partial charge in [0, 0.05) is 7.05 Å². The zero-order chi connectivity index (χ0) is 5.70. The van der Waals surface area contributed by atoms with Gasteiger partial charge in [-0.2, -0.15) is 0 Å². The van der Waals surface area contributed by atoms with E-state index >= 15 is 0 Å². The number of aliphatic imine (C=N–C) groups is 1. The van der Waals surface area contributed by atoms with Crippen molar-refractivity contribution >= 4 is 17.2 Å². The van der Waals surface area contributed by atoms with Gasteiger partial charge in [0.15, 0.2) is 5.17 Å². The Kier molecular flexibility index (Phi) is 3.83. The highest BCUT2D eigenvalue weighted by Gasteiger charge is 1.84. The largest absolute Gasteiger partial charge is 0.377 e. The van der Waals surface area contributed by atoms with E-state index in [1.54, 1.807) is 14.2 Å². The number of nitrogens with two attached hydrogens (primary N) is 1.